The highest BCUT2D eigenvalue weighted by Gasteiger charge is 2.30. The van der Waals surface area contributed by atoms with E-state index >= 15 is 0 Å². The summed E-state index contributed by atoms with van der Waals surface area (Å²) in [5.41, 5.74) is 0.659. The third kappa shape index (κ3) is 4.52. The molecule has 2 heterocycles. The lowest BCUT2D eigenvalue weighted by Crippen LogP contribution is -2.39. The Bertz CT molecular complexity index is 857. The number of carbonyl (C=O) groups excluding carboxylic acids is 1. The Kier molecular flexibility index (Phi) is 5.99. The Morgan fingerprint density at radius 1 is 1.29 bits per heavy atom. The van der Waals surface area contributed by atoms with Crippen molar-refractivity contribution in [3.63, 3.8) is 0 Å². The fraction of sp³-hybridized carbons (Fsp3) is 0.389. The van der Waals surface area contributed by atoms with Gasteiger partial charge in [-0.05, 0) is 37.0 Å². The number of non-ortho nitro benzene ring substituents is 1. The maximum absolute atomic E-state index is 12.3. The highest BCUT2D eigenvalue weighted by atomic mass is 16.6. The fourth-order valence-corrected chi connectivity index (χ4v) is 3.18. The lowest BCUT2D eigenvalue weighted by molar-refractivity contribution is -0.384. The summed E-state index contributed by atoms with van der Waals surface area (Å²) in [7, 11) is 0. The van der Waals surface area contributed by atoms with E-state index in [9.17, 15) is 24.8 Å². The van der Waals surface area contributed by atoms with E-state index in [-0.39, 0.29) is 23.8 Å². The van der Waals surface area contributed by atoms with E-state index in [0.29, 0.717) is 31.7 Å². The lowest BCUT2D eigenvalue weighted by atomic mass is 9.86. The molecule has 1 amide bonds. The summed E-state index contributed by atoms with van der Waals surface area (Å²) in [5, 5.41) is 27.0. The van der Waals surface area contributed by atoms with Gasteiger partial charge < -0.3 is 15.2 Å². The zero-order valence-corrected chi connectivity index (χ0v) is 15.0. The molecule has 2 N–H and O–H groups in total. The van der Waals surface area contributed by atoms with Crippen LogP contribution in [0, 0.1) is 22.0 Å². The van der Waals surface area contributed by atoms with Crippen molar-refractivity contribution in [1.29, 1.82) is 0 Å². The molecule has 3 rings (SSSR count). The molecule has 1 aromatic heterocycles. The van der Waals surface area contributed by atoms with Gasteiger partial charge in [0.05, 0.1) is 16.5 Å². The molecule has 0 saturated carbocycles. The monoisotopic (exact) mass is 388 g/mol. The Morgan fingerprint density at radius 3 is 2.57 bits per heavy atom. The number of nitro benzene ring substituents is 1. The average molecular weight is 388 g/mol. The van der Waals surface area contributed by atoms with E-state index in [1.54, 1.807) is 6.20 Å². The van der Waals surface area contributed by atoms with E-state index in [1.165, 1.54) is 35.0 Å². The van der Waals surface area contributed by atoms with Crippen LogP contribution in [0.25, 0.3) is 5.69 Å². The maximum atomic E-state index is 12.3. The molecule has 1 aromatic carbocycles. The second-order valence-electron chi connectivity index (χ2n) is 6.52. The molecular formula is C18H20N4O6. The molecule has 1 fully saturated rings. The number of aliphatic carboxylic acids is 1. The van der Waals surface area contributed by atoms with Crippen LogP contribution in [0.4, 0.5) is 5.69 Å². The first-order chi connectivity index (χ1) is 13.5. The molecule has 1 saturated heterocycles. The molecule has 1 atom stereocenters. The van der Waals surface area contributed by atoms with Gasteiger partial charge in [-0.3, -0.25) is 19.7 Å². The Balaban J connectivity index is 1.63. The van der Waals surface area contributed by atoms with Crippen molar-refractivity contribution >= 4 is 17.6 Å². The normalized spacial score (nSPS) is 15.7. The van der Waals surface area contributed by atoms with Crippen molar-refractivity contribution in [1.82, 2.24) is 15.1 Å². The van der Waals surface area contributed by atoms with Crippen molar-refractivity contribution in [3.8, 4) is 5.69 Å². The van der Waals surface area contributed by atoms with Crippen LogP contribution in [-0.2, 0) is 9.53 Å². The van der Waals surface area contributed by atoms with E-state index in [2.05, 4.69) is 10.4 Å². The molecule has 1 unspecified atom stereocenters. The number of aromatic nitrogens is 2. The molecule has 2 aromatic rings. The summed E-state index contributed by atoms with van der Waals surface area (Å²) < 4.78 is 6.68. The Morgan fingerprint density at radius 2 is 1.96 bits per heavy atom. The summed E-state index contributed by atoms with van der Waals surface area (Å²) in [4.78, 5) is 34.1. The summed E-state index contributed by atoms with van der Waals surface area (Å²) in [6.45, 7) is 1.08. The highest BCUT2D eigenvalue weighted by molar-refractivity contribution is 5.92. The third-order valence-corrected chi connectivity index (χ3v) is 4.78. The number of benzene rings is 1. The summed E-state index contributed by atoms with van der Waals surface area (Å²) in [6.07, 6.45) is 2.87. The molecular weight excluding hydrogens is 368 g/mol. The van der Waals surface area contributed by atoms with Crippen molar-refractivity contribution in [3.05, 3.63) is 52.3 Å². The molecule has 10 heteroatoms. The first-order valence-corrected chi connectivity index (χ1v) is 8.85. The van der Waals surface area contributed by atoms with Gasteiger partial charge in [0.2, 0.25) is 0 Å². The van der Waals surface area contributed by atoms with E-state index < -0.39 is 22.7 Å². The number of carbonyl (C=O) groups is 2. The number of ether oxygens (including phenoxy) is 1. The Labute approximate surface area is 160 Å². The number of amides is 1. The van der Waals surface area contributed by atoms with Crippen LogP contribution in [0.1, 0.15) is 23.3 Å². The van der Waals surface area contributed by atoms with Crippen LogP contribution in [0.2, 0.25) is 0 Å². The predicted molar refractivity (Wildman–Crippen MR) is 97.2 cm³/mol. The molecule has 10 nitrogen and oxygen atoms in total. The van der Waals surface area contributed by atoms with Crippen molar-refractivity contribution in [2.24, 2.45) is 11.8 Å². The van der Waals surface area contributed by atoms with Gasteiger partial charge in [0.1, 0.15) is 0 Å². The molecule has 1 aliphatic rings. The van der Waals surface area contributed by atoms with E-state index in [4.69, 9.17) is 4.74 Å². The van der Waals surface area contributed by atoms with Gasteiger partial charge in [-0.15, -0.1) is 0 Å². The number of nitrogens with zero attached hydrogens (tertiary/aromatic N) is 3. The third-order valence-electron chi connectivity index (χ3n) is 4.78. The van der Waals surface area contributed by atoms with E-state index in [1.807, 2.05) is 0 Å². The van der Waals surface area contributed by atoms with Gasteiger partial charge in [0.15, 0.2) is 5.69 Å². The highest BCUT2D eigenvalue weighted by Crippen LogP contribution is 2.24. The Hall–Kier alpha value is -3.27. The minimum absolute atomic E-state index is 0.0171. The van der Waals surface area contributed by atoms with Crippen LogP contribution in [-0.4, -0.2) is 51.4 Å². The van der Waals surface area contributed by atoms with Gasteiger partial charge in [-0.1, -0.05) is 0 Å². The smallest absolute Gasteiger partial charge is 0.308 e. The van der Waals surface area contributed by atoms with Crippen LogP contribution in [0.5, 0.6) is 0 Å². The van der Waals surface area contributed by atoms with Crippen molar-refractivity contribution in [2.75, 3.05) is 19.8 Å². The second kappa shape index (κ2) is 8.61. The zero-order chi connectivity index (χ0) is 20.1. The number of rotatable bonds is 7. The zero-order valence-electron chi connectivity index (χ0n) is 15.0. The summed E-state index contributed by atoms with van der Waals surface area (Å²) >= 11 is 0. The van der Waals surface area contributed by atoms with Gasteiger partial charge in [-0.2, -0.15) is 5.10 Å². The number of carboxylic acids is 1. The first-order valence-electron chi connectivity index (χ1n) is 8.85. The van der Waals surface area contributed by atoms with Gasteiger partial charge in [0.25, 0.3) is 11.6 Å². The van der Waals surface area contributed by atoms with Crippen LogP contribution in [0.15, 0.2) is 36.5 Å². The first kappa shape index (κ1) is 19.5. The fourth-order valence-electron chi connectivity index (χ4n) is 3.18. The molecule has 148 valence electrons. The topological polar surface area (TPSA) is 137 Å². The molecule has 0 radical (unpaired) electrons. The maximum Gasteiger partial charge on any atom is 0.308 e. The SMILES string of the molecule is O=C(NCC(C(=O)O)C1CCOCC1)c1ccn(-c2ccc([N+](=O)[O-])cc2)n1. The van der Waals surface area contributed by atoms with Crippen LogP contribution >= 0.6 is 0 Å². The van der Waals surface area contributed by atoms with Crippen molar-refractivity contribution < 1.29 is 24.4 Å². The number of nitrogens with one attached hydrogen (secondary N) is 1. The summed E-state index contributed by atoms with van der Waals surface area (Å²) in [5.74, 6) is -2.13. The predicted octanol–water partition coefficient (Wildman–Crippen LogP) is 1.64. The van der Waals surface area contributed by atoms with Crippen LogP contribution in [0.3, 0.4) is 0 Å². The van der Waals surface area contributed by atoms with Crippen molar-refractivity contribution in [2.45, 2.75) is 12.8 Å². The number of carboxylic acid groups (broad SMARTS) is 1. The average Bonchev–Trinajstić information content (AvgIpc) is 3.19. The van der Waals surface area contributed by atoms with Gasteiger partial charge in [0, 0.05) is 38.1 Å². The second-order valence-corrected chi connectivity index (χ2v) is 6.52. The number of hydrogen-bond acceptors (Lipinski definition) is 6. The number of nitro groups is 1. The molecule has 0 bridgehead atoms. The van der Waals surface area contributed by atoms with Gasteiger partial charge >= 0.3 is 5.97 Å². The standard InChI is InChI=1S/C18H20N4O6/c23-17(19-11-15(18(24)25)12-6-9-28-10-7-12)16-5-8-21(20-16)13-1-3-14(4-2-13)22(26)27/h1-5,8,12,15H,6-7,9-11H2,(H,19,23)(H,24,25). The molecule has 0 aliphatic carbocycles. The minimum Gasteiger partial charge on any atom is -0.481 e. The summed E-state index contributed by atoms with van der Waals surface area (Å²) in [6, 6.07) is 7.25. The largest absolute Gasteiger partial charge is 0.481 e. The quantitative estimate of drug-likeness (QED) is 0.543. The lowest BCUT2D eigenvalue weighted by Gasteiger charge is -2.27. The van der Waals surface area contributed by atoms with Gasteiger partial charge in [-0.25, -0.2) is 4.68 Å². The minimum atomic E-state index is -0.941. The molecule has 1 aliphatic heterocycles. The van der Waals surface area contributed by atoms with Crippen LogP contribution < -0.4 is 5.32 Å². The van der Waals surface area contributed by atoms with E-state index in [0.717, 1.165) is 0 Å². The number of hydrogen-bond donors (Lipinski definition) is 2. The molecule has 28 heavy (non-hydrogen) atoms. The molecule has 0 spiro atoms.